The third-order valence-corrected chi connectivity index (χ3v) is 4.96. The number of rotatable bonds is 5. The van der Waals surface area contributed by atoms with Crippen LogP contribution in [0.4, 0.5) is 4.39 Å². The molecule has 2 N–H and O–H groups in total. The fraction of sp³-hybridized carbons (Fsp3) is 0.455. The fourth-order valence-electron chi connectivity index (χ4n) is 1.36. The van der Waals surface area contributed by atoms with Crippen LogP contribution >= 0.6 is 24.0 Å². The lowest BCUT2D eigenvalue weighted by molar-refractivity contribution is 0.394. The van der Waals surface area contributed by atoms with Gasteiger partial charge >= 0.3 is 0 Å². The number of sulfonamides is 1. The maximum Gasteiger partial charge on any atom is 0.218 e. The van der Waals surface area contributed by atoms with Crippen LogP contribution in [-0.2, 0) is 15.8 Å². The zero-order valence-electron chi connectivity index (χ0n) is 10.6. The van der Waals surface area contributed by atoms with Crippen molar-refractivity contribution in [3.63, 3.8) is 0 Å². The van der Waals surface area contributed by atoms with Crippen molar-refractivity contribution in [1.29, 1.82) is 0 Å². The Bertz CT molecular complexity index is 525. The summed E-state index contributed by atoms with van der Waals surface area (Å²) in [5.41, 5.74) is 5.87. The van der Waals surface area contributed by atoms with E-state index in [0.29, 0.717) is 5.56 Å². The largest absolute Gasteiger partial charge is 0.329 e. The van der Waals surface area contributed by atoms with Crippen molar-refractivity contribution >= 4 is 34.0 Å². The minimum Gasteiger partial charge on any atom is -0.329 e. The highest BCUT2D eigenvalue weighted by Gasteiger charge is 2.22. The third kappa shape index (κ3) is 4.89. The monoisotopic (exact) mass is 330 g/mol. The molecule has 0 aliphatic rings. The Morgan fingerprint density at radius 2 is 2.05 bits per heavy atom. The maximum atomic E-state index is 13.0. The summed E-state index contributed by atoms with van der Waals surface area (Å²) < 4.78 is 38.2. The molecule has 0 aliphatic carbocycles. The third-order valence-electron chi connectivity index (χ3n) is 2.73. The Labute approximate surface area is 124 Å². The van der Waals surface area contributed by atoms with Gasteiger partial charge in [-0.15, -0.1) is 12.4 Å². The molecule has 1 aromatic carbocycles. The first kappa shape index (κ1) is 18.6. The molecule has 0 spiro atoms. The maximum absolute atomic E-state index is 13.0. The molecule has 1 rings (SSSR count). The van der Waals surface area contributed by atoms with Gasteiger partial charge < -0.3 is 5.73 Å². The number of nitrogens with two attached hydrogens (primary N) is 1. The summed E-state index contributed by atoms with van der Waals surface area (Å²) >= 11 is 5.61. The molecule has 0 amide bonds. The van der Waals surface area contributed by atoms with E-state index in [1.807, 2.05) is 0 Å². The summed E-state index contributed by atoms with van der Waals surface area (Å²) in [6.07, 6.45) is 0. The molecule has 110 valence electrons. The molecule has 4 nitrogen and oxygen atoms in total. The summed E-state index contributed by atoms with van der Waals surface area (Å²) in [4.78, 5) is 0. The first-order chi connectivity index (χ1) is 8.27. The molecular formula is C11H17Cl2FN2O2S. The van der Waals surface area contributed by atoms with Gasteiger partial charge in [0.1, 0.15) is 5.82 Å². The molecule has 0 aromatic heterocycles. The molecule has 1 aromatic rings. The number of hydrogen-bond acceptors (Lipinski definition) is 3. The number of benzene rings is 1. The topological polar surface area (TPSA) is 63.4 Å². The predicted octanol–water partition coefficient (Wildman–Crippen LogP) is 2.01. The lowest BCUT2D eigenvalue weighted by Crippen LogP contribution is -2.40. The zero-order chi connectivity index (χ0) is 13.9. The molecule has 19 heavy (non-hydrogen) atoms. The van der Waals surface area contributed by atoms with E-state index in [1.165, 1.54) is 23.5 Å². The Balaban J connectivity index is 0.00000324. The summed E-state index contributed by atoms with van der Waals surface area (Å²) in [6, 6.07) is 3.58. The molecule has 0 radical (unpaired) electrons. The van der Waals surface area contributed by atoms with Gasteiger partial charge in [-0.1, -0.05) is 17.7 Å². The van der Waals surface area contributed by atoms with Crippen molar-refractivity contribution in [2.45, 2.75) is 18.7 Å². The van der Waals surface area contributed by atoms with Crippen molar-refractivity contribution < 1.29 is 12.8 Å². The van der Waals surface area contributed by atoms with E-state index in [0.717, 1.165) is 6.07 Å². The molecular weight excluding hydrogens is 314 g/mol. The Morgan fingerprint density at radius 1 is 1.47 bits per heavy atom. The molecule has 0 saturated carbocycles. The van der Waals surface area contributed by atoms with Crippen molar-refractivity contribution in [2.75, 3.05) is 13.6 Å². The van der Waals surface area contributed by atoms with Crippen molar-refractivity contribution in [1.82, 2.24) is 4.31 Å². The van der Waals surface area contributed by atoms with Crippen LogP contribution in [0.2, 0.25) is 5.02 Å². The van der Waals surface area contributed by atoms with Gasteiger partial charge in [0.25, 0.3) is 0 Å². The van der Waals surface area contributed by atoms with E-state index >= 15 is 0 Å². The van der Waals surface area contributed by atoms with Gasteiger partial charge in [0.05, 0.1) is 10.8 Å². The highest BCUT2D eigenvalue weighted by molar-refractivity contribution is 7.88. The smallest absolute Gasteiger partial charge is 0.218 e. The van der Waals surface area contributed by atoms with Gasteiger partial charge in [0.15, 0.2) is 0 Å². The summed E-state index contributed by atoms with van der Waals surface area (Å²) in [5, 5.41) is -0.0859. The zero-order valence-corrected chi connectivity index (χ0v) is 13.0. The van der Waals surface area contributed by atoms with Crippen LogP contribution in [0.3, 0.4) is 0 Å². The van der Waals surface area contributed by atoms with Gasteiger partial charge in [-0.05, 0) is 24.6 Å². The van der Waals surface area contributed by atoms with E-state index < -0.39 is 15.8 Å². The normalized spacial score (nSPS) is 13.2. The van der Waals surface area contributed by atoms with E-state index in [9.17, 15) is 12.8 Å². The van der Waals surface area contributed by atoms with Crippen LogP contribution in [0.1, 0.15) is 12.5 Å². The van der Waals surface area contributed by atoms with E-state index in [-0.39, 0.29) is 35.8 Å². The van der Waals surface area contributed by atoms with Crippen LogP contribution in [0.15, 0.2) is 18.2 Å². The SMILES string of the molecule is CC(CN)N(C)S(=O)(=O)Cc1ccc(F)c(Cl)c1.Cl. The van der Waals surface area contributed by atoms with Gasteiger partial charge in [0, 0.05) is 19.6 Å². The highest BCUT2D eigenvalue weighted by Crippen LogP contribution is 2.19. The highest BCUT2D eigenvalue weighted by atomic mass is 35.5. The summed E-state index contributed by atoms with van der Waals surface area (Å²) in [6.45, 7) is 1.95. The Hall–Kier alpha value is -0.400. The van der Waals surface area contributed by atoms with Gasteiger partial charge in [-0.3, -0.25) is 0 Å². The van der Waals surface area contributed by atoms with Crippen molar-refractivity contribution in [2.24, 2.45) is 5.73 Å². The number of nitrogens with zero attached hydrogens (tertiary/aromatic N) is 1. The average molecular weight is 331 g/mol. The standard InChI is InChI=1S/C11H16ClFN2O2S.ClH/c1-8(6-14)15(2)18(16,17)7-9-3-4-11(13)10(12)5-9;/h3-5,8H,6-7,14H2,1-2H3;1H. The van der Waals surface area contributed by atoms with Gasteiger partial charge in [-0.25, -0.2) is 17.1 Å². The first-order valence-electron chi connectivity index (χ1n) is 5.37. The summed E-state index contributed by atoms with van der Waals surface area (Å²) in [7, 11) is -2.01. The molecule has 0 heterocycles. The molecule has 0 aliphatic heterocycles. The van der Waals surface area contributed by atoms with E-state index in [2.05, 4.69) is 0 Å². The molecule has 8 heteroatoms. The average Bonchev–Trinajstić information content (AvgIpc) is 2.31. The van der Waals surface area contributed by atoms with Crippen LogP contribution in [0, 0.1) is 5.82 Å². The van der Waals surface area contributed by atoms with Crippen LogP contribution in [0.5, 0.6) is 0 Å². The van der Waals surface area contributed by atoms with Gasteiger partial charge in [0.2, 0.25) is 10.0 Å². The lowest BCUT2D eigenvalue weighted by atomic mass is 10.2. The molecule has 1 unspecified atom stereocenters. The number of halogens is 3. The predicted molar refractivity (Wildman–Crippen MR) is 77.6 cm³/mol. The second-order valence-corrected chi connectivity index (χ2v) is 6.54. The molecule has 0 saturated heterocycles. The minimum absolute atomic E-state index is 0. The molecule has 0 bridgehead atoms. The van der Waals surface area contributed by atoms with Crippen molar-refractivity contribution in [3.05, 3.63) is 34.6 Å². The second kappa shape index (κ2) is 7.40. The van der Waals surface area contributed by atoms with E-state index in [4.69, 9.17) is 17.3 Å². The van der Waals surface area contributed by atoms with Gasteiger partial charge in [-0.2, -0.15) is 0 Å². The lowest BCUT2D eigenvalue weighted by Gasteiger charge is -2.23. The Morgan fingerprint density at radius 3 is 2.53 bits per heavy atom. The quantitative estimate of drug-likeness (QED) is 0.898. The molecule has 0 fully saturated rings. The van der Waals surface area contributed by atoms with Crippen LogP contribution in [-0.4, -0.2) is 32.4 Å². The van der Waals surface area contributed by atoms with Crippen LogP contribution in [0.25, 0.3) is 0 Å². The second-order valence-electron chi connectivity index (χ2n) is 4.11. The molecule has 1 atom stereocenters. The number of likely N-dealkylation sites (N-methyl/N-ethyl adjacent to an activating group) is 1. The first-order valence-corrected chi connectivity index (χ1v) is 7.36. The fourth-order valence-corrected chi connectivity index (χ4v) is 3.01. The van der Waals surface area contributed by atoms with Crippen LogP contribution < -0.4 is 5.73 Å². The minimum atomic E-state index is -3.48. The summed E-state index contributed by atoms with van der Waals surface area (Å²) in [5.74, 6) is -0.796. The number of hydrogen-bond donors (Lipinski definition) is 1. The van der Waals surface area contributed by atoms with E-state index in [1.54, 1.807) is 6.92 Å². The van der Waals surface area contributed by atoms with Crippen molar-refractivity contribution in [3.8, 4) is 0 Å². The Kier molecular flexibility index (Phi) is 7.24.